The molecule has 0 saturated carbocycles. The van der Waals surface area contributed by atoms with Crippen molar-refractivity contribution in [1.29, 1.82) is 0 Å². The summed E-state index contributed by atoms with van der Waals surface area (Å²) in [5.41, 5.74) is 8.18. The Morgan fingerprint density at radius 3 is 2.46 bits per heavy atom. The largest absolute Gasteiger partial charge is 0.318 e. The molecule has 0 unspecified atom stereocenters. The van der Waals surface area contributed by atoms with E-state index in [4.69, 9.17) is 0 Å². The highest BCUT2D eigenvalue weighted by Crippen LogP contribution is 2.22. The number of aryl methyl sites for hydroxylation is 2. The summed E-state index contributed by atoms with van der Waals surface area (Å²) in [6.07, 6.45) is 1.62. The van der Waals surface area contributed by atoms with E-state index in [2.05, 4.69) is 34.2 Å². The Labute approximate surface area is 152 Å². The summed E-state index contributed by atoms with van der Waals surface area (Å²) in [7, 11) is 0. The van der Waals surface area contributed by atoms with Crippen LogP contribution in [-0.2, 0) is 0 Å². The Hall–Kier alpha value is -3.21. The number of hydrogen-bond donors (Lipinski definition) is 1. The Balaban J connectivity index is 1.80. The van der Waals surface area contributed by atoms with Gasteiger partial charge in [0.05, 0.1) is 6.21 Å². The van der Waals surface area contributed by atoms with Gasteiger partial charge in [0.1, 0.15) is 5.82 Å². The summed E-state index contributed by atoms with van der Waals surface area (Å²) >= 11 is 0. The highest BCUT2D eigenvalue weighted by Gasteiger charge is 2.11. The summed E-state index contributed by atoms with van der Waals surface area (Å²) in [4.78, 5) is 12.0. The molecule has 0 fully saturated rings. The Morgan fingerprint density at radius 2 is 1.77 bits per heavy atom. The van der Waals surface area contributed by atoms with Gasteiger partial charge in [-0.3, -0.25) is 4.79 Å². The fourth-order valence-electron chi connectivity index (χ4n) is 2.93. The summed E-state index contributed by atoms with van der Waals surface area (Å²) in [6.45, 7) is 6.13. The van der Waals surface area contributed by atoms with Crippen molar-refractivity contribution in [2.75, 3.05) is 0 Å². The number of nitrogens with one attached hydrogen (secondary N) is 1. The number of amides is 1. The molecule has 132 valence electrons. The van der Waals surface area contributed by atoms with Crippen molar-refractivity contribution in [3.63, 3.8) is 0 Å². The quantitative estimate of drug-likeness (QED) is 0.554. The normalized spacial score (nSPS) is 11.1. The van der Waals surface area contributed by atoms with E-state index >= 15 is 0 Å². The topological polar surface area (TPSA) is 46.4 Å². The van der Waals surface area contributed by atoms with E-state index in [9.17, 15) is 9.18 Å². The lowest BCUT2D eigenvalue weighted by Gasteiger charge is -2.12. The molecule has 2 aromatic carbocycles. The summed E-state index contributed by atoms with van der Waals surface area (Å²) in [6, 6.07) is 15.5. The molecule has 3 aromatic rings. The maximum Gasteiger partial charge on any atom is 0.271 e. The molecule has 1 heterocycles. The minimum absolute atomic E-state index is 0.355. The van der Waals surface area contributed by atoms with Gasteiger partial charge in [-0.25, -0.2) is 9.82 Å². The van der Waals surface area contributed by atoms with E-state index in [0.717, 1.165) is 22.6 Å². The fourth-order valence-corrected chi connectivity index (χ4v) is 2.93. The Morgan fingerprint density at radius 1 is 1.08 bits per heavy atom. The lowest BCUT2D eigenvalue weighted by atomic mass is 10.2. The number of carbonyl (C=O) groups excluding carboxylic acids is 1. The number of para-hydroxylation sites is 1. The van der Waals surface area contributed by atoms with Gasteiger partial charge in [-0.2, -0.15) is 5.10 Å². The number of aromatic nitrogens is 1. The standard InChI is InChI=1S/C21H20FN3O/c1-14-6-4-5-7-20(14)25-15(2)12-18(16(25)3)13-23-24-21(26)17-8-10-19(22)11-9-17/h4-13H,1-3H3,(H,24,26)/b23-13-. The molecule has 0 spiro atoms. The molecule has 1 amide bonds. The molecule has 4 nitrogen and oxygen atoms in total. The second-order valence-corrected chi connectivity index (χ2v) is 6.15. The molecule has 5 heteroatoms. The van der Waals surface area contributed by atoms with Crippen LogP contribution >= 0.6 is 0 Å². The minimum atomic E-state index is -0.381. The van der Waals surface area contributed by atoms with Gasteiger partial charge in [-0.15, -0.1) is 0 Å². The van der Waals surface area contributed by atoms with Crippen molar-refractivity contribution < 1.29 is 9.18 Å². The van der Waals surface area contributed by atoms with Gasteiger partial charge in [0, 0.05) is 28.2 Å². The van der Waals surface area contributed by atoms with Gasteiger partial charge in [0.2, 0.25) is 0 Å². The number of rotatable bonds is 4. The summed E-state index contributed by atoms with van der Waals surface area (Å²) < 4.78 is 15.1. The van der Waals surface area contributed by atoms with Crippen molar-refractivity contribution in [3.8, 4) is 5.69 Å². The third-order valence-electron chi connectivity index (χ3n) is 4.30. The molecule has 3 rings (SSSR count). The Kier molecular flexibility index (Phi) is 4.98. The number of nitrogens with zero attached hydrogens (tertiary/aromatic N) is 2. The van der Waals surface area contributed by atoms with Crippen molar-refractivity contribution in [1.82, 2.24) is 9.99 Å². The molecular weight excluding hydrogens is 329 g/mol. The molecule has 0 bridgehead atoms. The van der Waals surface area contributed by atoms with Crippen LogP contribution in [-0.4, -0.2) is 16.7 Å². The van der Waals surface area contributed by atoms with E-state index in [1.54, 1.807) is 6.21 Å². The molecule has 1 aromatic heterocycles. The Bertz CT molecular complexity index is 971. The number of hydrazone groups is 1. The van der Waals surface area contributed by atoms with Gasteiger partial charge in [0.25, 0.3) is 5.91 Å². The van der Waals surface area contributed by atoms with Crippen LogP contribution in [0.25, 0.3) is 5.69 Å². The van der Waals surface area contributed by atoms with E-state index in [1.807, 2.05) is 32.0 Å². The van der Waals surface area contributed by atoms with Gasteiger partial charge < -0.3 is 4.57 Å². The third kappa shape index (κ3) is 3.57. The van der Waals surface area contributed by atoms with E-state index in [1.165, 1.54) is 29.8 Å². The van der Waals surface area contributed by atoms with Gasteiger partial charge >= 0.3 is 0 Å². The van der Waals surface area contributed by atoms with Crippen molar-refractivity contribution >= 4 is 12.1 Å². The lowest BCUT2D eigenvalue weighted by Crippen LogP contribution is -2.17. The predicted octanol–water partition coefficient (Wildman–Crippen LogP) is 4.31. The van der Waals surface area contributed by atoms with Crippen molar-refractivity contribution in [2.45, 2.75) is 20.8 Å². The molecule has 0 radical (unpaired) electrons. The minimum Gasteiger partial charge on any atom is -0.318 e. The van der Waals surface area contributed by atoms with E-state index in [0.29, 0.717) is 5.56 Å². The number of hydrogen-bond acceptors (Lipinski definition) is 2. The van der Waals surface area contributed by atoms with Crippen molar-refractivity contribution in [3.05, 3.63) is 88.5 Å². The van der Waals surface area contributed by atoms with Gasteiger partial charge in [-0.1, -0.05) is 18.2 Å². The first-order chi connectivity index (χ1) is 12.5. The zero-order valence-electron chi connectivity index (χ0n) is 15.0. The molecule has 26 heavy (non-hydrogen) atoms. The number of halogens is 1. The first-order valence-electron chi connectivity index (χ1n) is 8.31. The summed E-state index contributed by atoms with van der Waals surface area (Å²) in [5, 5.41) is 4.04. The first kappa shape index (κ1) is 17.6. The first-order valence-corrected chi connectivity index (χ1v) is 8.31. The van der Waals surface area contributed by atoms with Crippen LogP contribution in [0, 0.1) is 26.6 Å². The molecule has 0 aliphatic carbocycles. The highest BCUT2D eigenvalue weighted by molar-refractivity contribution is 5.95. The van der Waals surface area contributed by atoms with Crippen LogP contribution in [0.1, 0.15) is 32.9 Å². The lowest BCUT2D eigenvalue weighted by molar-refractivity contribution is 0.0955. The smallest absolute Gasteiger partial charge is 0.271 e. The fraction of sp³-hybridized carbons (Fsp3) is 0.143. The molecule has 0 aliphatic heterocycles. The molecule has 0 aliphatic rings. The highest BCUT2D eigenvalue weighted by atomic mass is 19.1. The maximum absolute atomic E-state index is 12.9. The van der Waals surface area contributed by atoms with Crippen LogP contribution in [0.5, 0.6) is 0 Å². The van der Waals surface area contributed by atoms with Crippen LogP contribution < -0.4 is 5.43 Å². The molecule has 0 saturated heterocycles. The van der Waals surface area contributed by atoms with Gasteiger partial charge in [-0.05, 0) is 62.7 Å². The van der Waals surface area contributed by atoms with Crippen LogP contribution in [0.15, 0.2) is 59.7 Å². The molecule has 1 N–H and O–H groups in total. The molecule has 0 atom stereocenters. The van der Waals surface area contributed by atoms with E-state index in [-0.39, 0.29) is 11.7 Å². The molecular formula is C21H20FN3O. The zero-order valence-corrected chi connectivity index (χ0v) is 15.0. The maximum atomic E-state index is 12.9. The third-order valence-corrected chi connectivity index (χ3v) is 4.30. The summed E-state index contributed by atoms with van der Waals surface area (Å²) in [5.74, 6) is -0.761. The van der Waals surface area contributed by atoms with Crippen LogP contribution in [0.2, 0.25) is 0 Å². The number of benzene rings is 2. The predicted molar refractivity (Wildman–Crippen MR) is 101 cm³/mol. The average Bonchev–Trinajstić information content (AvgIpc) is 2.90. The second-order valence-electron chi connectivity index (χ2n) is 6.15. The SMILES string of the molecule is Cc1ccccc1-n1c(C)cc(/C=N\NC(=O)c2ccc(F)cc2)c1C. The van der Waals surface area contributed by atoms with Crippen LogP contribution in [0.4, 0.5) is 4.39 Å². The zero-order chi connectivity index (χ0) is 18.7. The number of carbonyl (C=O) groups is 1. The monoisotopic (exact) mass is 349 g/mol. The van der Waals surface area contributed by atoms with Crippen molar-refractivity contribution in [2.24, 2.45) is 5.10 Å². The average molecular weight is 349 g/mol. The van der Waals surface area contributed by atoms with Gasteiger partial charge in [0.15, 0.2) is 0 Å². The van der Waals surface area contributed by atoms with Crippen LogP contribution in [0.3, 0.4) is 0 Å². The van der Waals surface area contributed by atoms with E-state index < -0.39 is 0 Å². The second kappa shape index (κ2) is 7.35.